The lowest BCUT2D eigenvalue weighted by molar-refractivity contribution is -0.119. The highest BCUT2D eigenvalue weighted by Crippen LogP contribution is 2.31. The number of ether oxygens (including phenoxy) is 1. The van der Waals surface area contributed by atoms with Crippen LogP contribution in [0.3, 0.4) is 0 Å². The van der Waals surface area contributed by atoms with Gasteiger partial charge in [0.1, 0.15) is 11.9 Å². The van der Waals surface area contributed by atoms with Crippen molar-refractivity contribution < 1.29 is 23.2 Å². The molecule has 1 aliphatic rings. The number of carbonyl (C=O) groups is 2. The molecule has 0 unspecified atom stereocenters. The van der Waals surface area contributed by atoms with Crippen LogP contribution in [0, 0.1) is 5.82 Å². The van der Waals surface area contributed by atoms with Gasteiger partial charge in [0.25, 0.3) is 5.22 Å². The Hall–Kier alpha value is -2.62. The molecule has 0 radical (unpaired) electrons. The van der Waals surface area contributed by atoms with E-state index in [1.165, 1.54) is 30.3 Å². The van der Waals surface area contributed by atoms with Crippen molar-refractivity contribution in [3.63, 3.8) is 0 Å². The zero-order valence-electron chi connectivity index (χ0n) is 12.6. The first-order valence-electron chi connectivity index (χ1n) is 6.99. The number of hydrogen-bond donors (Lipinski definition) is 1. The molecule has 1 N–H and O–H groups in total. The van der Waals surface area contributed by atoms with Gasteiger partial charge in [-0.3, -0.25) is 9.69 Å². The van der Waals surface area contributed by atoms with Crippen LogP contribution in [0.2, 0.25) is 0 Å². The highest BCUT2D eigenvalue weighted by atomic mass is 32.2. The summed E-state index contributed by atoms with van der Waals surface area (Å²) in [5.41, 5.74) is 0.373. The molecule has 10 heteroatoms. The number of nitrogens with one attached hydrogen (secondary N) is 1. The molecule has 1 saturated heterocycles. The summed E-state index contributed by atoms with van der Waals surface area (Å²) in [5.74, 6) is -0.730. The third-order valence-electron chi connectivity index (χ3n) is 3.22. The Labute approximate surface area is 140 Å². The molecule has 1 aromatic carbocycles. The molecule has 2 aromatic rings. The molecule has 1 atom stereocenters. The lowest BCUT2D eigenvalue weighted by atomic mass is 10.2. The summed E-state index contributed by atoms with van der Waals surface area (Å²) >= 11 is 0.987. The molecule has 0 aliphatic carbocycles. The summed E-state index contributed by atoms with van der Waals surface area (Å²) in [5, 5.41) is 6.25. The first-order chi connectivity index (χ1) is 11.5. The van der Waals surface area contributed by atoms with E-state index in [0.29, 0.717) is 10.6 Å². The van der Waals surface area contributed by atoms with Gasteiger partial charge in [-0.25, -0.2) is 9.18 Å². The van der Waals surface area contributed by atoms with Crippen LogP contribution < -0.4 is 10.2 Å². The van der Waals surface area contributed by atoms with Crippen molar-refractivity contribution in [3.05, 3.63) is 30.3 Å². The van der Waals surface area contributed by atoms with Gasteiger partial charge in [0.15, 0.2) is 6.33 Å². The van der Waals surface area contributed by atoms with Gasteiger partial charge in [-0.05, 0) is 30.0 Å². The number of benzene rings is 1. The Kier molecular flexibility index (Phi) is 4.65. The van der Waals surface area contributed by atoms with E-state index < -0.39 is 18.0 Å². The molecule has 0 saturated carbocycles. The van der Waals surface area contributed by atoms with Gasteiger partial charge in [0, 0.05) is 6.92 Å². The van der Waals surface area contributed by atoms with Gasteiger partial charge < -0.3 is 14.6 Å². The molecular weight excluding hydrogens is 339 g/mol. The lowest BCUT2D eigenvalue weighted by Gasteiger charge is -2.14. The minimum atomic E-state index is -0.581. The standard InChI is InChI=1S/C14H13FN4O4S/c1-8(20)16-5-10-6-19(14(21)22-10)9-2-3-12(11(15)4-9)24-13-17-7-18-23-13/h2-4,7,10H,5-6H2,1H3,(H,16,20)/t10-/m0/s1. The van der Waals surface area contributed by atoms with Crippen LogP contribution in [-0.2, 0) is 9.53 Å². The normalized spacial score (nSPS) is 17.0. The van der Waals surface area contributed by atoms with Gasteiger partial charge in [0.05, 0.1) is 23.7 Å². The minimum Gasteiger partial charge on any atom is -0.442 e. The van der Waals surface area contributed by atoms with E-state index >= 15 is 0 Å². The number of halogens is 1. The molecule has 0 bridgehead atoms. The topological polar surface area (TPSA) is 97.6 Å². The molecule has 24 heavy (non-hydrogen) atoms. The number of nitrogens with zero attached hydrogens (tertiary/aromatic N) is 3. The van der Waals surface area contributed by atoms with Crippen LogP contribution in [-0.4, -0.2) is 41.3 Å². The number of anilines is 1. The van der Waals surface area contributed by atoms with Gasteiger partial charge in [-0.2, -0.15) is 4.98 Å². The average molecular weight is 352 g/mol. The second-order valence-corrected chi connectivity index (χ2v) is 5.97. The summed E-state index contributed by atoms with van der Waals surface area (Å²) in [6.45, 7) is 1.82. The fourth-order valence-electron chi connectivity index (χ4n) is 2.14. The van der Waals surface area contributed by atoms with E-state index in [9.17, 15) is 14.0 Å². The van der Waals surface area contributed by atoms with Crippen LogP contribution in [0.5, 0.6) is 0 Å². The lowest BCUT2D eigenvalue weighted by Crippen LogP contribution is -2.33. The highest BCUT2D eigenvalue weighted by molar-refractivity contribution is 7.99. The maximum Gasteiger partial charge on any atom is 0.414 e. The molecule has 1 fully saturated rings. The van der Waals surface area contributed by atoms with Crippen molar-refractivity contribution in [2.24, 2.45) is 0 Å². The van der Waals surface area contributed by atoms with Crippen LogP contribution >= 0.6 is 11.8 Å². The zero-order valence-corrected chi connectivity index (χ0v) is 13.4. The van der Waals surface area contributed by atoms with E-state index in [4.69, 9.17) is 9.26 Å². The fourth-order valence-corrected chi connectivity index (χ4v) is 2.80. The van der Waals surface area contributed by atoms with Crippen molar-refractivity contribution in [2.75, 3.05) is 18.0 Å². The molecule has 126 valence electrons. The van der Waals surface area contributed by atoms with Crippen molar-refractivity contribution in [3.8, 4) is 0 Å². The Morgan fingerprint density at radius 1 is 1.54 bits per heavy atom. The van der Waals surface area contributed by atoms with Crippen LogP contribution in [0.4, 0.5) is 14.9 Å². The molecule has 2 heterocycles. The van der Waals surface area contributed by atoms with E-state index in [0.717, 1.165) is 11.8 Å². The average Bonchev–Trinajstić information content (AvgIpc) is 3.17. The third-order valence-corrected chi connectivity index (χ3v) is 4.12. The van der Waals surface area contributed by atoms with Crippen molar-refractivity contribution >= 4 is 29.4 Å². The maximum atomic E-state index is 14.2. The number of aromatic nitrogens is 2. The number of cyclic esters (lactones) is 1. The predicted octanol–water partition coefficient (Wildman–Crippen LogP) is 1.82. The predicted molar refractivity (Wildman–Crippen MR) is 81.1 cm³/mol. The quantitative estimate of drug-likeness (QED) is 0.876. The molecule has 8 nitrogen and oxygen atoms in total. The van der Waals surface area contributed by atoms with Crippen LogP contribution in [0.15, 0.2) is 39.2 Å². The summed E-state index contributed by atoms with van der Waals surface area (Å²) < 4.78 is 24.2. The van der Waals surface area contributed by atoms with Crippen molar-refractivity contribution in [2.45, 2.75) is 23.1 Å². The number of carbonyl (C=O) groups excluding carboxylic acids is 2. The molecule has 1 aromatic heterocycles. The van der Waals surface area contributed by atoms with E-state index in [-0.39, 0.29) is 24.2 Å². The van der Waals surface area contributed by atoms with Gasteiger partial charge in [-0.1, -0.05) is 5.16 Å². The first kappa shape index (κ1) is 16.2. The molecule has 1 aliphatic heterocycles. The largest absolute Gasteiger partial charge is 0.442 e. The fraction of sp³-hybridized carbons (Fsp3) is 0.286. The number of amides is 2. The summed E-state index contributed by atoms with van der Waals surface area (Å²) in [6, 6.07) is 4.36. The summed E-state index contributed by atoms with van der Waals surface area (Å²) in [4.78, 5) is 28.2. The molecule has 2 amide bonds. The van der Waals surface area contributed by atoms with Crippen molar-refractivity contribution in [1.82, 2.24) is 15.5 Å². The maximum absolute atomic E-state index is 14.2. The number of rotatable bonds is 5. The third kappa shape index (κ3) is 3.65. The number of hydrogen-bond acceptors (Lipinski definition) is 7. The minimum absolute atomic E-state index is 0.210. The Morgan fingerprint density at radius 3 is 3.04 bits per heavy atom. The van der Waals surface area contributed by atoms with Gasteiger partial charge in [0.2, 0.25) is 5.91 Å². The highest BCUT2D eigenvalue weighted by Gasteiger charge is 2.32. The second-order valence-electron chi connectivity index (χ2n) is 4.98. The summed E-state index contributed by atoms with van der Waals surface area (Å²) in [7, 11) is 0. The molecule has 0 spiro atoms. The van der Waals surface area contributed by atoms with Gasteiger partial charge >= 0.3 is 6.09 Å². The zero-order chi connectivity index (χ0) is 17.1. The Balaban J connectivity index is 1.69. The first-order valence-corrected chi connectivity index (χ1v) is 7.81. The molecular formula is C14H13FN4O4S. The molecule has 3 rings (SSSR count). The SMILES string of the molecule is CC(=O)NC[C@H]1CN(c2ccc(Sc3ncno3)c(F)c2)C(=O)O1. The van der Waals surface area contributed by atoms with Gasteiger partial charge in [-0.15, -0.1) is 0 Å². The van der Waals surface area contributed by atoms with Crippen LogP contribution in [0.1, 0.15) is 6.92 Å². The van der Waals surface area contributed by atoms with E-state index in [1.807, 2.05) is 0 Å². The van der Waals surface area contributed by atoms with E-state index in [1.54, 1.807) is 6.07 Å². The smallest absolute Gasteiger partial charge is 0.414 e. The second kappa shape index (κ2) is 6.87. The monoisotopic (exact) mass is 352 g/mol. The summed E-state index contributed by atoms with van der Waals surface area (Å²) in [6.07, 6.45) is 0.170. The van der Waals surface area contributed by atoms with E-state index in [2.05, 4.69) is 15.5 Å². The Bertz CT molecular complexity index is 755. The Morgan fingerprint density at radius 2 is 2.38 bits per heavy atom. The van der Waals surface area contributed by atoms with Crippen molar-refractivity contribution in [1.29, 1.82) is 0 Å². The van der Waals surface area contributed by atoms with Crippen LogP contribution in [0.25, 0.3) is 0 Å².